The van der Waals surface area contributed by atoms with E-state index in [-0.39, 0.29) is 5.97 Å². The van der Waals surface area contributed by atoms with Gasteiger partial charge in [0.2, 0.25) is 0 Å². The first kappa shape index (κ1) is 11.4. The number of carbonyl (C=O) groups excluding carboxylic acids is 1. The number of nitrogens with zero attached hydrogens (tertiary/aromatic N) is 2. The fourth-order valence-electron chi connectivity index (χ4n) is 1.61. The minimum absolute atomic E-state index is 0.341. The third kappa shape index (κ3) is 2.36. The highest BCUT2D eigenvalue weighted by atomic mass is 16.5. The van der Waals surface area contributed by atoms with Crippen LogP contribution in [0.2, 0.25) is 0 Å². The zero-order valence-corrected chi connectivity index (χ0v) is 9.88. The van der Waals surface area contributed by atoms with E-state index in [1.807, 2.05) is 37.3 Å². The van der Waals surface area contributed by atoms with Gasteiger partial charge in [-0.1, -0.05) is 18.2 Å². The highest BCUT2D eigenvalue weighted by Crippen LogP contribution is 2.12. The van der Waals surface area contributed by atoms with E-state index in [0.29, 0.717) is 12.3 Å². The fraction of sp³-hybridized carbons (Fsp3) is 0.231. The third-order valence-electron chi connectivity index (χ3n) is 2.37. The number of ether oxygens (including phenoxy) is 1. The largest absolute Gasteiger partial charge is 0.461 e. The maximum Gasteiger partial charge on any atom is 0.358 e. The van der Waals surface area contributed by atoms with E-state index in [2.05, 4.69) is 5.10 Å². The zero-order valence-electron chi connectivity index (χ0n) is 9.88. The number of aryl methyl sites for hydroxylation is 1. The van der Waals surface area contributed by atoms with E-state index in [0.717, 1.165) is 11.4 Å². The maximum atomic E-state index is 11.5. The molecule has 0 spiro atoms. The van der Waals surface area contributed by atoms with Crippen molar-refractivity contribution in [3.05, 3.63) is 47.8 Å². The summed E-state index contributed by atoms with van der Waals surface area (Å²) >= 11 is 0. The van der Waals surface area contributed by atoms with Crippen molar-refractivity contribution in [1.82, 2.24) is 9.78 Å². The Balaban J connectivity index is 2.35. The molecule has 17 heavy (non-hydrogen) atoms. The quantitative estimate of drug-likeness (QED) is 0.760. The molecule has 0 saturated carbocycles. The van der Waals surface area contributed by atoms with E-state index in [1.54, 1.807) is 17.7 Å². The molecule has 0 bridgehead atoms. The first-order chi connectivity index (χ1) is 8.22. The van der Waals surface area contributed by atoms with Gasteiger partial charge in [-0.15, -0.1) is 0 Å². The first-order valence-electron chi connectivity index (χ1n) is 5.51. The molecular formula is C13H14N2O2. The van der Waals surface area contributed by atoms with Crippen molar-refractivity contribution in [3.8, 4) is 5.69 Å². The topological polar surface area (TPSA) is 44.1 Å². The molecule has 1 aromatic heterocycles. The van der Waals surface area contributed by atoms with Crippen molar-refractivity contribution in [2.24, 2.45) is 0 Å². The predicted octanol–water partition coefficient (Wildman–Crippen LogP) is 2.36. The highest BCUT2D eigenvalue weighted by molar-refractivity contribution is 5.87. The van der Waals surface area contributed by atoms with Crippen LogP contribution in [-0.4, -0.2) is 22.4 Å². The molecule has 2 aromatic rings. The standard InChI is InChI=1S/C13H14N2O2/c1-3-17-13(16)12-9-10(2)15(14-12)11-7-5-4-6-8-11/h4-9H,3H2,1-2H3. The number of para-hydroxylation sites is 1. The van der Waals surface area contributed by atoms with Crippen molar-refractivity contribution in [2.45, 2.75) is 13.8 Å². The average Bonchev–Trinajstić information content (AvgIpc) is 2.73. The highest BCUT2D eigenvalue weighted by Gasteiger charge is 2.13. The summed E-state index contributed by atoms with van der Waals surface area (Å²) < 4.78 is 6.65. The molecule has 0 saturated heterocycles. The van der Waals surface area contributed by atoms with Gasteiger partial charge in [0.05, 0.1) is 12.3 Å². The van der Waals surface area contributed by atoms with Crippen molar-refractivity contribution in [1.29, 1.82) is 0 Å². The molecule has 0 amide bonds. The molecule has 4 nitrogen and oxygen atoms in total. The summed E-state index contributed by atoms with van der Waals surface area (Å²) in [6.07, 6.45) is 0. The Kier molecular flexibility index (Phi) is 3.23. The van der Waals surface area contributed by atoms with Gasteiger partial charge in [-0.05, 0) is 32.0 Å². The summed E-state index contributed by atoms with van der Waals surface area (Å²) in [5, 5.41) is 4.24. The summed E-state index contributed by atoms with van der Waals surface area (Å²) in [6.45, 7) is 4.04. The molecule has 1 heterocycles. The molecule has 0 fully saturated rings. The second-order valence-electron chi connectivity index (χ2n) is 3.64. The lowest BCUT2D eigenvalue weighted by Gasteiger charge is -2.02. The van der Waals surface area contributed by atoms with Gasteiger partial charge in [-0.25, -0.2) is 9.48 Å². The molecule has 0 unspecified atom stereocenters. The van der Waals surface area contributed by atoms with Gasteiger partial charge in [0.25, 0.3) is 0 Å². The third-order valence-corrected chi connectivity index (χ3v) is 2.37. The molecule has 0 N–H and O–H groups in total. The van der Waals surface area contributed by atoms with Gasteiger partial charge in [0, 0.05) is 5.69 Å². The molecule has 0 radical (unpaired) electrons. The Hall–Kier alpha value is -2.10. The second kappa shape index (κ2) is 4.82. The van der Waals surface area contributed by atoms with Crippen LogP contribution in [0.3, 0.4) is 0 Å². The van der Waals surface area contributed by atoms with Gasteiger partial charge in [-0.2, -0.15) is 5.10 Å². The summed E-state index contributed by atoms with van der Waals surface area (Å²) in [6, 6.07) is 11.4. The van der Waals surface area contributed by atoms with Gasteiger partial charge in [0.1, 0.15) is 0 Å². The minimum atomic E-state index is -0.384. The number of benzene rings is 1. The monoisotopic (exact) mass is 230 g/mol. The summed E-state index contributed by atoms with van der Waals surface area (Å²) in [7, 11) is 0. The van der Waals surface area contributed by atoms with Crippen LogP contribution in [0.4, 0.5) is 0 Å². The number of hydrogen-bond donors (Lipinski definition) is 0. The summed E-state index contributed by atoms with van der Waals surface area (Å²) in [4.78, 5) is 11.5. The number of rotatable bonds is 3. The molecule has 4 heteroatoms. The number of esters is 1. The normalized spacial score (nSPS) is 10.2. The van der Waals surface area contributed by atoms with Crippen molar-refractivity contribution >= 4 is 5.97 Å². The van der Waals surface area contributed by atoms with Crippen LogP contribution in [0, 0.1) is 6.92 Å². The van der Waals surface area contributed by atoms with E-state index in [4.69, 9.17) is 4.74 Å². The lowest BCUT2D eigenvalue weighted by molar-refractivity contribution is 0.0519. The summed E-state index contributed by atoms with van der Waals surface area (Å²) in [5.41, 5.74) is 2.17. The van der Waals surface area contributed by atoms with E-state index in [9.17, 15) is 4.79 Å². The molecule has 0 aliphatic heterocycles. The smallest absolute Gasteiger partial charge is 0.358 e. The van der Waals surface area contributed by atoms with Crippen LogP contribution in [0.1, 0.15) is 23.1 Å². The molecular weight excluding hydrogens is 216 g/mol. The van der Waals surface area contributed by atoms with Crippen LogP contribution in [0.25, 0.3) is 5.69 Å². The zero-order chi connectivity index (χ0) is 12.3. The second-order valence-corrected chi connectivity index (χ2v) is 3.64. The van der Waals surface area contributed by atoms with Gasteiger partial charge in [-0.3, -0.25) is 0 Å². The van der Waals surface area contributed by atoms with Crippen LogP contribution in [0.5, 0.6) is 0 Å². The Morgan fingerprint density at radius 1 is 1.35 bits per heavy atom. The van der Waals surface area contributed by atoms with Crippen LogP contribution >= 0.6 is 0 Å². The molecule has 0 aliphatic carbocycles. The Morgan fingerprint density at radius 3 is 2.71 bits per heavy atom. The van der Waals surface area contributed by atoms with Crippen molar-refractivity contribution in [3.63, 3.8) is 0 Å². The van der Waals surface area contributed by atoms with Crippen molar-refractivity contribution < 1.29 is 9.53 Å². The molecule has 1 aromatic carbocycles. The molecule has 2 rings (SSSR count). The lowest BCUT2D eigenvalue weighted by atomic mass is 10.3. The average molecular weight is 230 g/mol. The summed E-state index contributed by atoms with van der Waals surface area (Å²) in [5.74, 6) is -0.384. The number of hydrogen-bond acceptors (Lipinski definition) is 3. The van der Waals surface area contributed by atoms with E-state index >= 15 is 0 Å². The predicted molar refractivity (Wildman–Crippen MR) is 64.3 cm³/mol. The van der Waals surface area contributed by atoms with Gasteiger partial charge >= 0.3 is 5.97 Å². The van der Waals surface area contributed by atoms with E-state index < -0.39 is 0 Å². The lowest BCUT2D eigenvalue weighted by Crippen LogP contribution is -2.06. The van der Waals surface area contributed by atoms with Gasteiger partial charge in [0.15, 0.2) is 5.69 Å². The van der Waals surface area contributed by atoms with E-state index in [1.165, 1.54) is 0 Å². The fourth-order valence-corrected chi connectivity index (χ4v) is 1.61. The van der Waals surface area contributed by atoms with Crippen LogP contribution in [-0.2, 0) is 4.74 Å². The SMILES string of the molecule is CCOC(=O)c1cc(C)n(-c2ccccc2)n1. The van der Waals surface area contributed by atoms with Crippen LogP contribution < -0.4 is 0 Å². The molecule has 88 valence electrons. The Morgan fingerprint density at radius 2 is 2.06 bits per heavy atom. The van der Waals surface area contributed by atoms with Gasteiger partial charge < -0.3 is 4.74 Å². The minimum Gasteiger partial charge on any atom is -0.461 e. The van der Waals surface area contributed by atoms with Crippen LogP contribution in [0.15, 0.2) is 36.4 Å². The number of carbonyl (C=O) groups is 1. The Labute approximate surface area is 99.8 Å². The number of aromatic nitrogens is 2. The Bertz CT molecular complexity index is 517. The van der Waals surface area contributed by atoms with Crippen molar-refractivity contribution in [2.75, 3.05) is 6.61 Å². The maximum absolute atomic E-state index is 11.5. The molecule has 0 aliphatic rings. The first-order valence-corrected chi connectivity index (χ1v) is 5.51. The molecule has 0 atom stereocenters.